The van der Waals surface area contributed by atoms with Gasteiger partial charge in [-0.15, -0.1) is 0 Å². The zero-order valence-electron chi connectivity index (χ0n) is 17.8. The van der Waals surface area contributed by atoms with Crippen molar-refractivity contribution < 1.29 is 13.9 Å². The zero-order chi connectivity index (χ0) is 19.3. The molecule has 0 aliphatic rings. The van der Waals surface area contributed by atoms with E-state index in [1.54, 1.807) is 0 Å². The summed E-state index contributed by atoms with van der Waals surface area (Å²) in [4.78, 5) is 0. The topological polar surface area (TPSA) is 18.5 Å². The van der Waals surface area contributed by atoms with Crippen molar-refractivity contribution in [2.75, 3.05) is 25.6 Å². The van der Waals surface area contributed by atoms with Gasteiger partial charge >= 0.3 is 0 Å². The summed E-state index contributed by atoms with van der Waals surface area (Å²) in [7, 11) is 0. The monoisotopic (exact) mass is 378 g/mol. The van der Waals surface area contributed by atoms with Crippen LogP contribution in [0.25, 0.3) is 0 Å². The highest BCUT2D eigenvalue weighted by Gasteiger charge is 2.14. The van der Waals surface area contributed by atoms with Gasteiger partial charge in [0.25, 0.3) is 0 Å². The molecule has 4 unspecified atom stereocenters. The van der Waals surface area contributed by atoms with Crippen LogP contribution < -0.4 is 0 Å². The number of hydrogen-bond acceptors (Lipinski definition) is 3. The van der Waals surface area contributed by atoms with E-state index in [9.17, 15) is 4.39 Å². The van der Waals surface area contributed by atoms with E-state index in [-0.39, 0.29) is 12.3 Å². The van der Waals surface area contributed by atoms with Gasteiger partial charge in [0.1, 0.15) is 0 Å². The molecule has 0 fully saturated rings. The third-order valence-corrected chi connectivity index (χ3v) is 5.95. The van der Waals surface area contributed by atoms with Crippen molar-refractivity contribution in [1.82, 2.24) is 0 Å². The summed E-state index contributed by atoms with van der Waals surface area (Å²) in [6.07, 6.45) is 5.51. The van der Waals surface area contributed by atoms with E-state index in [0.717, 1.165) is 38.2 Å². The number of thioether (sulfide) groups is 1. The Balaban J connectivity index is 3.59. The Hall–Kier alpha value is 0.200. The fraction of sp³-hybridized carbons (Fsp3) is 1.00. The number of rotatable bonds is 15. The maximum atomic E-state index is 12.4. The number of halogens is 1. The van der Waals surface area contributed by atoms with E-state index >= 15 is 0 Å². The summed E-state index contributed by atoms with van der Waals surface area (Å²) >= 11 is 1.99. The quantitative estimate of drug-likeness (QED) is 0.302. The molecule has 25 heavy (non-hydrogen) atoms. The van der Waals surface area contributed by atoms with E-state index in [4.69, 9.17) is 9.47 Å². The number of hydrogen-bond donors (Lipinski definition) is 0. The highest BCUT2D eigenvalue weighted by atomic mass is 32.2. The normalized spacial score (nSPS) is 17.3. The van der Waals surface area contributed by atoms with E-state index in [1.165, 1.54) is 6.42 Å². The van der Waals surface area contributed by atoms with Gasteiger partial charge in [-0.1, -0.05) is 20.8 Å². The molecule has 0 saturated carbocycles. The van der Waals surface area contributed by atoms with Crippen LogP contribution in [0.1, 0.15) is 80.6 Å². The summed E-state index contributed by atoms with van der Waals surface area (Å²) in [5.41, 5.74) is -0.0328. The van der Waals surface area contributed by atoms with Crippen LogP contribution in [0.15, 0.2) is 0 Å². The Morgan fingerprint density at radius 3 is 2.12 bits per heavy atom. The van der Waals surface area contributed by atoms with Gasteiger partial charge in [0, 0.05) is 17.6 Å². The van der Waals surface area contributed by atoms with Crippen molar-refractivity contribution in [3.05, 3.63) is 0 Å². The largest absolute Gasteiger partial charge is 0.379 e. The maximum absolute atomic E-state index is 12.4. The summed E-state index contributed by atoms with van der Waals surface area (Å²) in [6.45, 7) is 16.6. The van der Waals surface area contributed by atoms with E-state index < -0.39 is 0 Å². The Bertz CT molecular complexity index is 307. The second kappa shape index (κ2) is 14.3. The molecular weight excluding hydrogens is 335 g/mol. The van der Waals surface area contributed by atoms with Crippen molar-refractivity contribution >= 4 is 11.8 Å². The molecule has 0 amide bonds. The van der Waals surface area contributed by atoms with E-state index in [0.29, 0.717) is 29.6 Å². The van der Waals surface area contributed by atoms with Crippen molar-refractivity contribution in [3.63, 3.8) is 0 Å². The third kappa shape index (κ3) is 16.1. The van der Waals surface area contributed by atoms with Crippen molar-refractivity contribution in [2.45, 2.75) is 97.5 Å². The van der Waals surface area contributed by atoms with Gasteiger partial charge in [-0.25, -0.2) is 0 Å². The summed E-state index contributed by atoms with van der Waals surface area (Å²) in [6, 6.07) is 0. The van der Waals surface area contributed by atoms with Crippen LogP contribution in [0.3, 0.4) is 0 Å². The minimum atomic E-state index is -0.198. The second-order valence-electron chi connectivity index (χ2n) is 8.48. The molecular formula is C21H43FO2S. The van der Waals surface area contributed by atoms with Gasteiger partial charge in [0.05, 0.1) is 25.0 Å². The highest BCUT2D eigenvalue weighted by molar-refractivity contribution is 7.99. The molecule has 0 heterocycles. The molecule has 0 bridgehead atoms. The third-order valence-electron chi connectivity index (χ3n) is 4.74. The molecule has 4 atom stereocenters. The van der Waals surface area contributed by atoms with Crippen molar-refractivity contribution in [2.24, 2.45) is 11.8 Å². The van der Waals surface area contributed by atoms with Gasteiger partial charge in [-0.05, 0) is 71.6 Å². The Labute approximate surface area is 161 Å². The molecule has 0 rings (SSSR count). The van der Waals surface area contributed by atoms with Crippen LogP contribution in [0.4, 0.5) is 4.39 Å². The molecule has 0 N–H and O–H groups in total. The lowest BCUT2D eigenvalue weighted by Gasteiger charge is -2.21. The van der Waals surface area contributed by atoms with Gasteiger partial charge in [-0.2, -0.15) is 11.8 Å². The molecule has 0 saturated heterocycles. The Morgan fingerprint density at radius 2 is 1.52 bits per heavy atom. The van der Waals surface area contributed by atoms with Crippen molar-refractivity contribution in [1.29, 1.82) is 0 Å². The fourth-order valence-electron chi connectivity index (χ4n) is 2.66. The van der Waals surface area contributed by atoms with Gasteiger partial charge in [0.2, 0.25) is 0 Å². The molecule has 0 aromatic rings. The van der Waals surface area contributed by atoms with Crippen LogP contribution in [-0.4, -0.2) is 42.6 Å². The predicted molar refractivity (Wildman–Crippen MR) is 110 cm³/mol. The lowest BCUT2D eigenvalue weighted by atomic mass is 9.89. The first-order valence-electron chi connectivity index (χ1n) is 10.1. The zero-order valence-corrected chi connectivity index (χ0v) is 18.6. The highest BCUT2D eigenvalue weighted by Crippen LogP contribution is 2.22. The first kappa shape index (κ1) is 25.2. The van der Waals surface area contributed by atoms with Crippen molar-refractivity contribution in [3.8, 4) is 0 Å². The van der Waals surface area contributed by atoms with Crippen LogP contribution >= 0.6 is 11.8 Å². The maximum Gasteiger partial charge on any atom is 0.0897 e. The van der Waals surface area contributed by atoms with E-state index in [2.05, 4.69) is 48.5 Å². The minimum Gasteiger partial charge on any atom is -0.379 e. The Morgan fingerprint density at radius 1 is 0.880 bits per heavy atom. The molecule has 0 aliphatic heterocycles. The summed E-state index contributed by atoms with van der Waals surface area (Å²) in [5, 5.41) is 0.657. The summed E-state index contributed by atoms with van der Waals surface area (Å²) in [5.74, 6) is 2.11. The smallest absolute Gasteiger partial charge is 0.0897 e. The fourth-order valence-corrected chi connectivity index (χ4v) is 3.57. The van der Waals surface area contributed by atoms with Gasteiger partial charge < -0.3 is 9.47 Å². The lowest BCUT2D eigenvalue weighted by molar-refractivity contribution is 0.00691. The second-order valence-corrected chi connectivity index (χ2v) is 10.0. The van der Waals surface area contributed by atoms with Gasteiger partial charge in [0.15, 0.2) is 0 Å². The average Bonchev–Trinajstić information content (AvgIpc) is 2.52. The summed E-state index contributed by atoms with van der Waals surface area (Å²) < 4.78 is 24.1. The lowest BCUT2D eigenvalue weighted by Crippen LogP contribution is -2.21. The average molecular weight is 379 g/mol. The van der Waals surface area contributed by atoms with Crippen LogP contribution in [0, 0.1) is 11.8 Å². The molecule has 0 radical (unpaired) electrons. The van der Waals surface area contributed by atoms with Crippen LogP contribution in [0.5, 0.6) is 0 Å². The van der Waals surface area contributed by atoms with Gasteiger partial charge in [-0.3, -0.25) is 4.39 Å². The molecule has 152 valence electrons. The number of alkyl halides is 1. The molecule has 0 aromatic carbocycles. The molecule has 4 heteroatoms. The van der Waals surface area contributed by atoms with E-state index in [1.807, 2.05) is 11.8 Å². The van der Waals surface area contributed by atoms with Crippen LogP contribution in [-0.2, 0) is 9.47 Å². The Kier molecular flexibility index (Phi) is 14.4. The van der Waals surface area contributed by atoms with Crippen LogP contribution in [0.2, 0.25) is 0 Å². The number of ether oxygens (including phenoxy) is 2. The minimum absolute atomic E-state index is 0.0328. The predicted octanol–water partition coefficient (Wildman–Crippen LogP) is 6.52. The standard InChI is InChI=1S/C21H43FO2S/c1-17(18(2)12-13-22)10-11-19(3)23-14-8-9-20(4)25-16-15-24-21(5,6)7/h17-20H,8-16H2,1-7H3. The first-order valence-corrected chi connectivity index (χ1v) is 11.1. The molecule has 0 spiro atoms. The molecule has 2 nitrogen and oxygen atoms in total. The molecule has 0 aromatic heterocycles. The SMILES string of the molecule is CC(CCC(C)C(C)CCF)OCCCC(C)SCCOC(C)(C)C. The molecule has 0 aliphatic carbocycles. The first-order chi connectivity index (χ1) is 11.7.